The van der Waals surface area contributed by atoms with Crippen LogP contribution in [0.25, 0.3) is 0 Å². The highest BCUT2D eigenvalue weighted by Crippen LogP contribution is 2.11. The molecule has 2 rings (SSSR count). The molecule has 0 aliphatic carbocycles. The Balaban J connectivity index is 1.93. The van der Waals surface area contributed by atoms with E-state index in [4.69, 9.17) is 0 Å². The molecule has 138 valence electrons. The molecule has 0 aliphatic rings. The first-order valence-electron chi connectivity index (χ1n) is 7.93. The van der Waals surface area contributed by atoms with Crippen molar-refractivity contribution in [2.24, 2.45) is 0 Å². The van der Waals surface area contributed by atoms with Crippen LogP contribution in [0.2, 0.25) is 0 Å². The molecule has 0 radical (unpaired) electrons. The number of nitrogens with one attached hydrogen (secondary N) is 2. The summed E-state index contributed by atoms with van der Waals surface area (Å²) < 4.78 is 25.9. The molecule has 2 amide bonds. The summed E-state index contributed by atoms with van der Waals surface area (Å²) in [6.45, 7) is 0.0709. The van der Waals surface area contributed by atoms with Gasteiger partial charge in [-0.15, -0.1) is 0 Å². The van der Waals surface area contributed by atoms with E-state index in [1.807, 2.05) is 6.07 Å². The first-order chi connectivity index (χ1) is 12.3. The SMILES string of the molecule is CNS(=O)(=O)c1cccc(CNC(=O)CN(C)C(=O)c2ccccc2)c1. The Hall–Kier alpha value is -2.71. The van der Waals surface area contributed by atoms with Crippen molar-refractivity contribution in [1.29, 1.82) is 0 Å². The van der Waals surface area contributed by atoms with Gasteiger partial charge in [0.15, 0.2) is 0 Å². The maximum atomic E-state index is 12.2. The Bertz CT molecular complexity index is 882. The van der Waals surface area contributed by atoms with Crippen molar-refractivity contribution in [1.82, 2.24) is 14.9 Å². The fourth-order valence-electron chi connectivity index (χ4n) is 2.29. The molecule has 2 aromatic rings. The van der Waals surface area contributed by atoms with Gasteiger partial charge in [0.2, 0.25) is 15.9 Å². The van der Waals surface area contributed by atoms with Gasteiger partial charge in [0.25, 0.3) is 5.91 Å². The lowest BCUT2D eigenvalue weighted by molar-refractivity contribution is -0.121. The monoisotopic (exact) mass is 375 g/mol. The zero-order valence-electron chi connectivity index (χ0n) is 14.6. The normalized spacial score (nSPS) is 11.0. The Labute approximate surface area is 153 Å². The smallest absolute Gasteiger partial charge is 0.254 e. The third kappa shape index (κ3) is 5.14. The second-order valence-electron chi connectivity index (χ2n) is 5.66. The number of carbonyl (C=O) groups excluding carboxylic acids is 2. The molecule has 0 saturated heterocycles. The standard InChI is InChI=1S/C18H21N3O4S/c1-19-26(24,25)16-10-6-7-14(11-16)12-20-17(22)13-21(2)18(23)15-8-4-3-5-9-15/h3-11,19H,12-13H2,1-2H3,(H,20,22). The van der Waals surface area contributed by atoms with Crippen molar-refractivity contribution in [3.8, 4) is 0 Å². The summed E-state index contributed by atoms with van der Waals surface area (Å²) in [7, 11) is -0.648. The second kappa shape index (κ2) is 8.59. The summed E-state index contributed by atoms with van der Waals surface area (Å²) >= 11 is 0. The Morgan fingerprint density at radius 2 is 1.73 bits per heavy atom. The molecule has 7 nitrogen and oxygen atoms in total. The number of likely N-dealkylation sites (N-methyl/N-ethyl adjacent to an activating group) is 1. The van der Waals surface area contributed by atoms with E-state index >= 15 is 0 Å². The van der Waals surface area contributed by atoms with Crippen LogP contribution in [0.5, 0.6) is 0 Å². The maximum absolute atomic E-state index is 12.2. The largest absolute Gasteiger partial charge is 0.350 e. The van der Waals surface area contributed by atoms with Gasteiger partial charge in [0.1, 0.15) is 0 Å². The molecule has 2 aromatic carbocycles. The third-order valence-corrected chi connectivity index (χ3v) is 5.13. The van der Waals surface area contributed by atoms with Crippen LogP contribution in [0.4, 0.5) is 0 Å². The van der Waals surface area contributed by atoms with Crippen LogP contribution >= 0.6 is 0 Å². The van der Waals surface area contributed by atoms with Crippen molar-refractivity contribution in [3.63, 3.8) is 0 Å². The van der Waals surface area contributed by atoms with E-state index in [0.29, 0.717) is 11.1 Å². The molecule has 0 aromatic heterocycles. The summed E-state index contributed by atoms with van der Waals surface area (Å²) in [5, 5.41) is 2.68. The van der Waals surface area contributed by atoms with E-state index in [-0.39, 0.29) is 29.8 Å². The van der Waals surface area contributed by atoms with E-state index in [1.165, 1.54) is 24.1 Å². The van der Waals surface area contributed by atoms with Crippen molar-refractivity contribution in [2.75, 3.05) is 20.6 Å². The van der Waals surface area contributed by atoms with Gasteiger partial charge < -0.3 is 10.2 Å². The molecular weight excluding hydrogens is 354 g/mol. The predicted molar refractivity (Wildman–Crippen MR) is 97.9 cm³/mol. The quantitative estimate of drug-likeness (QED) is 0.754. The van der Waals surface area contributed by atoms with Gasteiger partial charge in [-0.05, 0) is 36.9 Å². The van der Waals surface area contributed by atoms with Crippen LogP contribution in [0, 0.1) is 0 Å². The first-order valence-corrected chi connectivity index (χ1v) is 9.41. The number of benzene rings is 2. The molecule has 0 unspecified atom stereocenters. The molecule has 26 heavy (non-hydrogen) atoms. The molecule has 2 N–H and O–H groups in total. The molecule has 0 atom stereocenters. The summed E-state index contributed by atoms with van der Waals surface area (Å²) in [5.74, 6) is -0.582. The molecule has 0 fully saturated rings. The minimum absolute atomic E-state index is 0.0950. The van der Waals surface area contributed by atoms with Crippen LogP contribution in [0.15, 0.2) is 59.5 Å². The fourth-order valence-corrected chi connectivity index (χ4v) is 3.09. The molecular formula is C18H21N3O4S. The summed E-state index contributed by atoms with van der Waals surface area (Å²) in [4.78, 5) is 25.7. The van der Waals surface area contributed by atoms with E-state index < -0.39 is 10.0 Å². The van der Waals surface area contributed by atoms with Gasteiger partial charge in [-0.25, -0.2) is 13.1 Å². The topological polar surface area (TPSA) is 95.6 Å². The van der Waals surface area contributed by atoms with Gasteiger partial charge in [-0.2, -0.15) is 0 Å². The van der Waals surface area contributed by atoms with Gasteiger partial charge in [-0.3, -0.25) is 9.59 Å². The van der Waals surface area contributed by atoms with E-state index in [2.05, 4.69) is 10.0 Å². The average Bonchev–Trinajstić information content (AvgIpc) is 2.66. The minimum atomic E-state index is -3.54. The van der Waals surface area contributed by atoms with Crippen LogP contribution in [-0.2, 0) is 21.4 Å². The highest BCUT2D eigenvalue weighted by atomic mass is 32.2. The highest BCUT2D eigenvalue weighted by molar-refractivity contribution is 7.89. The zero-order valence-corrected chi connectivity index (χ0v) is 15.4. The number of hydrogen-bond donors (Lipinski definition) is 2. The summed E-state index contributed by atoms with van der Waals surface area (Å²) in [5.41, 5.74) is 1.15. The van der Waals surface area contributed by atoms with Crippen LogP contribution in [0.3, 0.4) is 0 Å². The predicted octanol–water partition coefficient (Wildman–Crippen LogP) is 0.983. The minimum Gasteiger partial charge on any atom is -0.350 e. The number of hydrogen-bond acceptors (Lipinski definition) is 4. The van der Waals surface area contributed by atoms with Crippen LogP contribution in [0.1, 0.15) is 15.9 Å². The number of rotatable bonds is 7. The molecule has 0 saturated carbocycles. The van der Waals surface area contributed by atoms with E-state index in [9.17, 15) is 18.0 Å². The number of nitrogens with zero attached hydrogens (tertiary/aromatic N) is 1. The van der Waals surface area contributed by atoms with Crippen molar-refractivity contribution in [2.45, 2.75) is 11.4 Å². The lowest BCUT2D eigenvalue weighted by Gasteiger charge is -2.17. The molecule has 8 heteroatoms. The lowest BCUT2D eigenvalue weighted by Crippen LogP contribution is -2.38. The van der Waals surface area contributed by atoms with Gasteiger partial charge >= 0.3 is 0 Å². The number of carbonyl (C=O) groups is 2. The molecule has 0 heterocycles. The van der Waals surface area contributed by atoms with Crippen LogP contribution in [-0.4, -0.2) is 45.8 Å². The first kappa shape index (κ1) is 19.6. The van der Waals surface area contributed by atoms with E-state index in [0.717, 1.165) is 0 Å². The van der Waals surface area contributed by atoms with Crippen molar-refractivity contribution < 1.29 is 18.0 Å². The second-order valence-corrected chi connectivity index (χ2v) is 7.55. The summed E-state index contributed by atoms with van der Waals surface area (Å²) in [6.07, 6.45) is 0. The molecule has 0 spiro atoms. The maximum Gasteiger partial charge on any atom is 0.254 e. The van der Waals surface area contributed by atoms with E-state index in [1.54, 1.807) is 43.4 Å². The Morgan fingerprint density at radius 3 is 2.38 bits per heavy atom. The Kier molecular flexibility index (Phi) is 6.48. The molecule has 0 bridgehead atoms. The Morgan fingerprint density at radius 1 is 1.04 bits per heavy atom. The molecule has 0 aliphatic heterocycles. The number of amides is 2. The third-order valence-electron chi connectivity index (χ3n) is 3.72. The average molecular weight is 375 g/mol. The van der Waals surface area contributed by atoms with Gasteiger partial charge in [0.05, 0.1) is 11.4 Å². The van der Waals surface area contributed by atoms with Gasteiger partial charge in [-0.1, -0.05) is 30.3 Å². The van der Waals surface area contributed by atoms with Crippen molar-refractivity contribution >= 4 is 21.8 Å². The number of sulfonamides is 1. The summed E-state index contributed by atoms with van der Waals surface area (Å²) in [6, 6.07) is 15.0. The van der Waals surface area contributed by atoms with Crippen molar-refractivity contribution in [3.05, 3.63) is 65.7 Å². The van der Waals surface area contributed by atoms with Gasteiger partial charge in [0, 0.05) is 19.2 Å². The zero-order chi connectivity index (χ0) is 19.2. The lowest BCUT2D eigenvalue weighted by atomic mass is 10.2. The fraction of sp³-hybridized carbons (Fsp3) is 0.222. The highest BCUT2D eigenvalue weighted by Gasteiger charge is 2.15. The van der Waals surface area contributed by atoms with Crippen LogP contribution < -0.4 is 10.0 Å².